The number of benzene rings is 1. The van der Waals surface area contributed by atoms with Crippen molar-refractivity contribution < 1.29 is 21.6 Å². The molecule has 0 spiro atoms. The van der Waals surface area contributed by atoms with E-state index in [9.17, 15) is 21.6 Å². The van der Waals surface area contributed by atoms with Gasteiger partial charge in [0.05, 0.1) is 16.6 Å². The highest BCUT2D eigenvalue weighted by atomic mass is 32.2. The van der Waals surface area contributed by atoms with Crippen LogP contribution >= 0.6 is 0 Å². The fourth-order valence-corrected chi connectivity index (χ4v) is 3.65. The van der Waals surface area contributed by atoms with Crippen LogP contribution < -0.4 is 5.73 Å². The molecule has 0 aliphatic carbocycles. The predicted molar refractivity (Wildman–Crippen MR) is 66.6 cm³/mol. The minimum Gasteiger partial charge on any atom is -0.330 e. The molecule has 1 aromatic rings. The minimum atomic E-state index is -4.61. The summed E-state index contributed by atoms with van der Waals surface area (Å²) in [6.07, 6.45) is -4.61. The van der Waals surface area contributed by atoms with Crippen LogP contribution in [0.15, 0.2) is 23.1 Å². The molecule has 1 atom stereocenters. The third-order valence-electron chi connectivity index (χ3n) is 2.85. The molecule has 0 aromatic heterocycles. The summed E-state index contributed by atoms with van der Waals surface area (Å²) >= 11 is 0. The summed E-state index contributed by atoms with van der Waals surface area (Å²) in [5.41, 5.74) is 6.14. The van der Waals surface area contributed by atoms with E-state index < -0.39 is 34.2 Å². The van der Waals surface area contributed by atoms with Crippen LogP contribution in [-0.2, 0) is 9.84 Å². The van der Waals surface area contributed by atoms with Crippen LogP contribution in [0, 0.1) is 19.8 Å². The Hall–Kier alpha value is -1.08. The number of hydrogen-bond acceptors (Lipinski definition) is 3. The topological polar surface area (TPSA) is 60.2 Å². The van der Waals surface area contributed by atoms with Gasteiger partial charge in [0.2, 0.25) is 0 Å². The summed E-state index contributed by atoms with van der Waals surface area (Å²) < 4.78 is 61.9. The van der Waals surface area contributed by atoms with Crippen LogP contribution in [0.2, 0.25) is 0 Å². The minimum absolute atomic E-state index is 0.0600. The van der Waals surface area contributed by atoms with Gasteiger partial charge in [0, 0.05) is 6.54 Å². The van der Waals surface area contributed by atoms with E-state index in [1.54, 1.807) is 26.0 Å². The first kappa shape index (κ1) is 16.0. The molecule has 2 N–H and O–H groups in total. The second-order valence-electron chi connectivity index (χ2n) is 4.52. The molecule has 0 aliphatic heterocycles. The van der Waals surface area contributed by atoms with Gasteiger partial charge < -0.3 is 5.73 Å². The van der Waals surface area contributed by atoms with Gasteiger partial charge in [-0.3, -0.25) is 0 Å². The molecule has 0 radical (unpaired) electrons. The quantitative estimate of drug-likeness (QED) is 0.926. The lowest BCUT2D eigenvalue weighted by Gasteiger charge is -2.19. The third kappa shape index (κ3) is 3.94. The summed E-state index contributed by atoms with van der Waals surface area (Å²) in [5.74, 6) is -3.06. The lowest BCUT2D eigenvalue weighted by atomic mass is 10.2. The van der Waals surface area contributed by atoms with Crippen molar-refractivity contribution in [1.29, 1.82) is 0 Å². The lowest BCUT2D eigenvalue weighted by molar-refractivity contribution is -0.165. The molecular formula is C12H16F3NO2S. The maximum atomic E-state index is 12.6. The first-order chi connectivity index (χ1) is 8.58. The van der Waals surface area contributed by atoms with E-state index in [0.29, 0.717) is 11.1 Å². The average molecular weight is 295 g/mol. The third-order valence-corrected chi connectivity index (χ3v) is 4.80. The zero-order valence-corrected chi connectivity index (χ0v) is 11.5. The predicted octanol–water partition coefficient (Wildman–Crippen LogP) is 2.21. The van der Waals surface area contributed by atoms with Crippen molar-refractivity contribution in [3.63, 3.8) is 0 Å². The maximum absolute atomic E-state index is 12.6. The molecule has 0 heterocycles. The van der Waals surface area contributed by atoms with E-state index in [4.69, 9.17) is 5.73 Å². The largest absolute Gasteiger partial charge is 0.394 e. The summed E-state index contributed by atoms with van der Waals surface area (Å²) in [6.45, 7) is 2.49. The number of nitrogens with two attached hydrogens (primary N) is 1. The van der Waals surface area contributed by atoms with E-state index in [0.717, 1.165) is 0 Å². The highest BCUT2D eigenvalue weighted by Gasteiger charge is 2.41. The van der Waals surface area contributed by atoms with E-state index in [2.05, 4.69) is 0 Å². The molecule has 0 aliphatic rings. The first-order valence-corrected chi connectivity index (χ1v) is 7.30. The van der Waals surface area contributed by atoms with Crippen molar-refractivity contribution >= 4 is 9.84 Å². The Kier molecular flexibility index (Phi) is 4.63. The molecule has 0 saturated heterocycles. The number of alkyl halides is 3. The molecule has 0 amide bonds. The van der Waals surface area contributed by atoms with Gasteiger partial charge in [-0.2, -0.15) is 13.2 Å². The molecule has 0 saturated carbocycles. The molecule has 1 rings (SSSR count). The molecule has 3 nitrogen and oxygen atoms in total. The second-order valence-corrected chi connectivity index (χ2v) is 6.53. The Labute approximate surface area is 110 Å². The van der Waals surface area contributed by atoms with Crippen molar-refractivity contribution in [3.8, 4) is 0 Å². The van der Waals surface area contributed by atoms with Crippen LogP contribution in [0.4, 0.5) is 13.2 Å². The van der Waals surface area contributed by atoms with Crippen LogP contribution in [-0.4, -0.2) is 26.9 Å². The fourth-order valence-electron chi connectivity index (χ4n) is 1.69. The van der Waals surface area contributed by atoms with Crippen molar-refractivity contribution in [1.82, 2.24) is 0 Å². The van der Waals surface area contributed by atoms with E-state index in [1.165, 1.54) is 6.07 Å². The van der Waals surface area contributed by atoms with Crippen molar-refractivity contribution in [2.45, 2.75) is 24.9 Å². The second kappa shape index (κ2) is 5.50. The van der Waals surface area contributed by atoms with E-state index in [-0.39, 0.29) is 4.90 Å². The van der Waals surface area contributed by atoms with Gasteiger partial charge in [-0.05, 0) is 31.0 Å². The molecular weight excluding hydrogens is 279 g/mol. The SMILES string of the molecule is Cc1ccc(C)c(S(=O)(=O)CC(CN)C(F)(F)F)c1. The van der Waals surface area contributed by atoms with Gasteiger partial charge >= 0.3 is 6.18 Å². The van der Waals surface area contributed by atoms with Crippen LogP contribution in [0.1, 0.15) is 11.1 Å². The van der Waals surface area contributed by atoms with Gasteiger partial charge in [0.1, 0.15) is 0 Å². The highest BCUT2D eigenvalue weighted by molar-refractivity contribution is 7.91. The molecule has 0 bridgehead atoms. The number of hydrogen-bond donors (Lipinski definition) is 1. The van der Waals surface area contributed by atoms with Gasteiger partial charge in [0.25, 0.3) is 0 Å². The Morgan fingerprint density at radius 2 is 1.84 bits per heavy atom. The monoisotopic (exact) mass is 295 g/mol. The number of rotatable bonds is 4. The highest BCUT2D eigenvalue weighted by Crippen LogP contribution is 2.29. The van der Waals surface area contributed by atoms with Crippen LogP contribution in [0.25, 0.3) is 0 Å². The van der Waals surface area contributed by atoms with Gasteiger partial charge in [-0.1, -0.05) is 12.1 Å². The van der Waals surface area contributed by atoms with Crippen LogP contribution in [0.3, 0.4) is 0 Å². The van der Waals surface area contributed by atoms with E-state index >= 15 is 0 Å². The van der Waals surface area contributed by atoms with E-state index in [1.807, 2.05) is 0 Å². The van der Waals surface area contributed by atoms with Gasteiger partial charge in [-0.25, -0.2) is 8.42 Å². The lowest BCUT2D eigenvalue weighted by Crippen LogP contribution is -2.36. The standard InChI is InChI=1S/C12H16F3NO2S/c1-8-3-4-9(2)11(5-8)19(17,18)7-10(6-16)12(13,14)15/h3-5,10H,6-7,16H2,1-2H3. The van der Waals surface area contributed by atoms with Crippen molar-refractivity contribution in [2.24, 2.45) is 11.7 Å². The Bertz CT molecular complexity index is 553. The molecule has 19 heavy (non-hydrogen) atoms. The fraction of sp³-hybridized carbons (Fsp3) is 0.500. The van der Waals surface area contributed by atoms with Gasteiger partial charge in [-0.15, -0.1) is 0 Å². The summed E-state index contributed by atoms with van der Waals surface area (Å²) in [4.78, 5) is -0.0600. The summed E-state index contributed by atoms with van der Waals surface area (Å²) in [5, 5.41) is 0. The molecule has 7 heteroatoms. The normalized spacial score (nSPS) is 14.4. The Balaban J connectivity index is 3.14. The van der Waals surface area contributed by atoms with Crippen molar-refractivity contribution in [2.75, 3.05) is 12.3 Å². The summed E-state index contributed by atoms with van der Waals surface area (Å²) in [6, 6.07) is 4.67. The first-order valence-electron chi connectivity index (χ1n) is 5.64. The van der Waals surface area contributed by atoms with Crippen molar-refractivity contribution in [3.05, 3.63) is 29.3 Å². The maximum Gasteiger partial charge on any atom is 0.394 e. The van der Waals surface area contributed by atoms with Crippen LogP contribution in [0.5, 0.6) is 0 Å². The average Bonchev–Trinajstić information content (AvgIpc) is 2.27. The molecule has 0 fully saturated rings. The Morgan fingerprint density at radius 1 is 1.26 bits per heavy atom. The Morgan fingerprint density at radius 3 is 2.32 bits per heavy atom. The molecule has 1 aromatic carbocycles. The zero-order valence-electron chi connectivity index (χ0n) is 10.7. The number of halogens is 3. The summed E-state index contributed by atoms with van der Waals surface area (Å²) in [7, 11) is -4.01. The zero-order chi connectivity index (χ0) is 14.8. The molecule has 1 unspecified atom stereocenters. The number of sulfone groups is 1. The van der Waals surface area contributed by atoms with Gasteiger partial charge in [0.15, 0.2) is 9.84 Å². The number of aryl methyl sites for hydroxylation is 2. The molecule has 108 valence electrons. The smallest absolute Gasteiger partial charge is 0.330 e.